The summed E-state index contributed by atoms with van der Waals surface area (Å²) < 4.78 is 2.11. The number of aromatic nitrogens is 2. The Bertz CT molecular complexity index is 1230. The summed E-state index contributed by atoms with van der Waals surface area (Å²) in [6.07, 6.45) is 0. The zero-order valence-corrected chi connectivity index (χ0v) is 18.6. The number of nitriles is 1. The quantitative estimate of drug-likeness (QED) is 0.570. The summed E-state index contributed by atoms with van der Waals surface area (Å²) in [7, 11) is 1.63. The van der Waals surface area contributed by atoms with Gasteiger partial charge in [0.1, 0.15) is 28.1 Å². The lowest BCUT2D eigenvalue weighted by Gasteiger charge is -2.36. The molecule has 1 aromatic carbocycles. The first-order valence-corrected chi connectivity index (χ1v) is 10.6. The van der Waals surface area contributed by atoms with Crippen LogP contribution in [-0.4, -0.2) is 45.7 Å². The molecule has 0 radical (unpaired) electrons. The lowest BCUT2D eigenvalue weighted by Crippen LogP contribution is -2.47. The number of anilines is 1. The molecule has 3 heterocycles. The molecule has 0 saturated carbocycles. The number of aromatic hydroxyl groups is 1. The van der Waals surface area contributed by atoms with Gasteiger partial charge in [0, 0.05) is 45.3 Å². The number of hydrogen-bond acceptors (Lipinski definition) is 6. The molecule has 1 fully saturated rings. The van der Waals surface area contributed by atoms with Crippen LogP contribution in [0.15, 0.2) is 39.6 Å². The molecule has 4 rings (SSSR count). The van der Waals surface area contributed by atoms with E-state index in [2.05, 4.69) is 31.9 Å². The number of halogens is 2. The number of phenols is 1. The summed E-state index contributed by atoms with van der Waals surface area (Å²) >= 11 is 9.47. The Morgan fingerprint density at radius 3 is 2.67 bits per heavy atom. The molecule has 0 atom stereocenters. The Kier molecular flexibility index (Phi) is 5.69. The van der Waals surface area contributed by atoms with Crippen LogP contribution < -0.4 is 10.5 Å². The fraction of sp³-hybridized carbons (Fsp3) is 0.286. The molecule has 7 nitrogen and oxygen atoms in total. The summed E-state index contributed by atoms with van der Waals surface area (Å²) in [6, 6.07) is 11.1. The predicted octanol–water partition coefficient (Wildman–Crippen LogP) is 3.25. The van der Waals surface area contributed by atoms with Crippen LogP contribution >= 0.6 is 27.5 Å². The molecule has 0 unspecified atom stereocenters. The highest BCUT2D eigenvalue weighted by atomic mass is 79.9. The number of nitrogens with zero attached hydrogens (tertiary/aromatic N) is 5. The Morgan fingerprint density at radius 1 is 1.23 bits per heavy atom. The Balaban J connectivity index is 1.64. The van der Waals surface area contributed by atoms with Gasteiger partial charge in [-0.3, -0.25) is 9.69 Å². The highest BCUT2D eigenvalue weighted by Gasteiger charge is 2.25. The van der Waals surface area contributed by atoms with Crippen molar-refractivity contribution in [2.45, 2.75) is 6.54 Å². The predicted molar refractivity (Wildman–Crippen MR) is 120 cm³/mol. The van der Waals surface area contributed by atoms with E-state index in [-0.39, 0.29) is 16.9 Å². The molecular weight excluding hydrogens is 470 g/mol. The smallest absolute Gasteiger partial charge is 0.270 e. The maximum atomic E-state index is 12.7. The summed E-state index contributed by atoms with van der Waals surface area (Å²) in [5.41, 5.74) is 2.33. The second kappa shape index (κ2) is 8.26. The Morgan fingerprint density at radius 2 is 1.97 bits per heavy atom. The second-order valence-electron chi connectivity index (χ2n) is 7.21. The van der Waals surface area contributed by atoms with E-state index in [9.17, 15) is 15.2 Å². The third-order valence-corrected chi connectivity index (χ3v) is 6.30. The van der Waals surface area contributed by atoms with Gasteiger partial charge in [-0.2, -0.15) is 5.26 Å². The molecule has 0 bridgehead atoms. The molecule has 0 amide bonds. The van der Waals surface area contributed by atoms with Gasteiger partial charge >= 0.3 is 0 Å². The standard InChI is InChI=1S/C21H19BrClN5O2/c1-26-16-5-6-17(23)25-18(16)19(14(11-24)21(26)30)28-9-7-27(8-10-28)12-13-3-2-4-15(22)20(13)29/h2-6,29H,7-10,12H2,1H3. The largest absolute Gasteiger partial charge is 0.506 e. The zero-order chi connectivity index (χ0) is 21.4. The Hall–Kier alpha value is -2.60. The van der Waals surface area contributed by atoms with Crippen LogP contribution in [0, 0.1) is 11.3 Å². The van der Waals surface area contributed by atoms with E-state index in [4.69, 9.17) is 11.6 Å². The van der Waals surface area contributed by atoms with E-state index < -0.39 is 0 Å². The minimum atomic E-state index is -0.342. The van der Waals surface area contributed by atoms with Crippen molar-refractivity contribution in [3.8, 4) is 11.8 Å². The highest BCUT2D eigenvalue weighted by molar-refractivity contribution is 9.10. The minimum absolute atomic E-state index is 0.0813. The molecule has 1 aliphatic rings. The van der Waals surface area contributed by atoms with Gasteiger partial charge in [-0.15, -0.1) is 0 Å². The third-order valence-electron chi connectivity index (χ3n) is 5.45. The highest BCUT2D eigenvalue weighted by Crippen LogP contribution is 2.31. The molecule has 2 aromatic heterocycles. The maximum Gasteiger partial charge on any atom is 0.270 e. The molecule has 154 valence electrons. The van der Waals surface area contributed by atoms with Gasteiger partial charge in [0.15, 0.2) is 0 Å². The van der Waals surface area contributed by atoms with Gasteiger partial charge in [0.05, 0.1) is 15.7 Å². The van der Waals surface area contributed by atoms with Crippen molar-refractivity contribution in [1.82, 2.24) is 14.5 Å². The molecule has 9 heteroatoms. The Labute approximate surface area is 186 Å². The van der Waals surface area contributed by atoms with E-state index in [1.165, 1.54) is 4.57 Å². The van der Waals surface area contributed by atoms with E-state index in [0.29, 0.717) is 59.1 Å². The molecule has 1 N–H and O–H groups in total. The van der Waals surface area contributed by atoms with Gasteiger partial charge in [0.2, 0.25) is 0 Å². The molecule has 30 heavy (non-hydrogen) atoms. The number of phenolic OH excluding ortho intramolecular Hbond substituents is 1. The van der Waals surface area contributed by atoms with Crippen LogP contribution in [-0.2, 0) is 13.6 Å². The van der Waals surface area contributed by atoms with E-state index in [1.807, 2.05) is 17.0 Å². The number of fused-ring (bicyclic) bond motifs is 1. The summed E-state index contributed by atoms with van der Waals surface area (Å²) in [5, 5.41) is 20.3. The van der Waals surface area contributed by atoms with Crippen LogP contribution in [0.5, 0.6) is 5.75 Å². The van der Waals surface area contributed by atoms with Crippen LogP contribution in [0.3, 0.4) is 0 Å². The van der Waals surface area contributed by atoms with Crippen LogP contribution in [0.25, 0.3) is 11.0 Å². The number of rotatable bonds is 3. The molecule has 1 aliphatic heterocycles. The van der Waals surface area contributed by atoms with Crippen molar-refractivity contribution in [3.63, 3.8) is 0 Å². The zero-order valence-electron chi connectivity index (χ0n) is 16.3. The van der Waals surface area contributed by atoms with Crippen LogP contribution in [0.1, 0.15) is 11.1 Å². The fourth-order valence-corrected chi connectivity index (χ4v) is 4.39. The van der Waals surface area contributed by atoms with Crippen LogP contribution in [0.4, 0.5) is 5.69 Å². The van der Waals surface area contributed by atoms with Crippen LogP contribution in [0.2, 0.25) is 5.15 Å². The number of aryl methyl sites for hydroxylation is 1. The molecule has 0 spiro atoms. The van der Waals surface area contributed by atoms with Gasteiger partial charge in [-0.1, -0.05) is 23.7 Å². The van der Waals surface area contributed by atoms with Gasteiger partial charge < -0.3 is 14.6 Å². The maximum absolute atomic E-state index is 12.7. The van der Waals surface area contributed by atoms with Gasteiger partial charge in [-0.05, 0) is 34.1 Å². The molecule has 3 aromatic rings. The number of benzene rings is 1. The first-order chi connectivity index (χ1) is 14.4. The molecular formula is C21H19BrClN5O2. The van der Waals surface area contributed by atoms with Crippen molar-refractivity contribution in [1.29, 1.82) is 5.26 Å². The topological polar surface area (TPSA) is 85.4 Å². The lowest BCUT2D eigenvalue weighted by atomic mass is 10.1. The molecule has 1 saturated heterocycles. The first kappa shape index (κ1) is 20.7. The van der Waals surface area contributed by atoms with Gasteiger partial charge in [0.25, 0.3) is 5.56 Å². The molecule has 0 aliphatic carbocycles. The van der Waals surface area contributed by atoms with E-state index in [1.54, 1.807) is 25.2 Å². The monoisotopic (exact) mass is 487 g/mol. The van der Waals surface area contributed by atoms with Crippen molar-refractivity contribution in [3.05, 3.63) is 61.4 Å². The first-order valence-electron chi connectivity index (χ1n) is 9.43. The van der Waals surface area contributed by atoms with Crippen molar-refractivity contribution < 1.29 is 5.11 Å². The van der Waals surface area contributed by atoms with Crippen molar-refractivity contribution in [2.75, 3.05) is 31.1 Å². The summed E-state index contributed by atoms with van der Waals surface area (Å²) in [4.78, 5) is 21.4. The second-order valence-corrected chi connectivity index (χ2v) is 8.45. The van der Waals surface area contributed by atoms with E-state index in [0.717, 1.165) is 5.56 Å². The number of pyridine rings is 2. The van der Waals surface area contributed by atoms with E-state index >= 15 is 0 Å². The van der Waals surface area contributed by atoms with Gasteiger partial charge in [-0.25, -0.2) is 4.98 Å². The summed E-state index contributed by atoms with van der Waals surface area (Å²) in [5.74, 6) is 0.253. The average Bonchev–Trinajstić information content (AvgIpc) is 2.74. The number of hydrogen-bond donors (Lipinski definition) is 1. The third kappa shape index (κ3) is 3.65. The lowest BCUT2D eigenvalue weighted by molar-refractivity contribution is 0.246. The number of para-hydroxylation sites is 1. The number of piperazine rings is 1. The average molecular weight is 489 g/mol. The fourth-order valence-electron chi connectivity index (χ4n) is 3.84. The summed E-state index contributed by atoms with van der Waals surface area (Å²) in [6.45, 7) is 3.30. The SMILES string of the molecule is Cn1c(=O)c(C#N)c(N2CCN(Cc3cccc(Br)c3O)CC2)c2nc(Cl)ccc21. The van der Waals surface area contributed by atoms with Crippen molar-refractivity contribution >= 4 is 44.3 Å². The van der Waals surface area contributed by atoms with Crippen molar-refractivity contribution in [2.24, 2.45) is 7.05 Å². The normalized spacial score (nSPS) is 14.8. The minimum Gasteiger partial charge on any atom is -0.506 e.